The van der Waals surface area contributed by atoms with E-state index < -0.39 is 13.3 Å². The van der Waals surface area contributed by atoms with Crippen molar-refractivity contribution in [2.75, 3.05) is 0 Å². The smallest absolute Gasteiger partial charge is 0.324 e. The van der Waals surface area contributed by atoms with Crippen LogP contribution in [0.4, 0.5) is 0 Å². The minimum atomic E-state index is -3.91. The molecule has 0 aliphatic rings. The molecule has 0 radical (unpaired) electrons. The van der Waals surface area contributed by atoms with Gasteiger partial charge in [-0.25, -0.2) is 0 Å². The van der Waals surface area contributed by atoms with Crippen LogP contribution in [0.5, 0.6) is 0 Å². The Balaban J connectivity index is 3.71. The monoisotopic (exact) mass is 348 g/mol. The van der Waals surface area contributed by atoms with Gasteiger partial charge in [-0.3, -0.25) is 4.57 Å². The lowest BCUT2D eigenvalue weighted by Gasteiger charge is -2.18. The number of unbranched alkanes of at least 4 members (excludes halogenated alkanes) is 12. The van der Waals surface area contributed by atoms with Crippen molar-refractivity contribution >= 4 is 7.60 Å². The summed E-state index contributed by atoms with van der Waals surface area (Å²) in [7, 11) is -3.91. The van der Waals surface area contributed by atoms with Crippen molar-refractivity contribution in [1.82, 2.24) is 0 Å². The Morgan fingerprint density at radius 2 is 0.913 bits per heavy atom. The van der Waals surface area contributed by atoms with E-state index in [4.69, 9.17) is 0 Å². The predicted octanol–water partition coefficient (Wildman–Crippen LogP) is 6.81. The van der Waals surface area contributed by atoms with Crippen LogP contribution in [0.1, 0.15) is 117 Å². The van der Waals surface area contributed by atoms with E-state index in [0.29, 0.717) is 12.8 Å². The lowest BCUT2D eigenvalue weighted by atomic mass is 10.0. The highest BCUT2D eigenvalue weighted by molar-refractivity contribution is 7.52. The lowest BCUT2D eigenvalue weighted by Crippen LogP contribution is -2.08. The molecule has 2 N–H and O–H groups in total. The molecule has 140 valence electrons. The molecule has 0 aliphatic carbocycles. The Bertz CT molecular complexity index is 288. The van der Waals surface area contributed by atoms with E-state index in [1.807, 2.05) is 0 Å². The van der Waals surface area contributed by atoms with Gasteiger partial charge in [0.15, 0.2) is 0 Å². The van der Waals surface area contributed by atoms with Crippen molar-refractivity contribution in [1.29, 1.82) is 0 Å². The van der Waals surface area contributed by atoms with Gasteiger partial charge in [-0.2, -0.15) is 0 Å². The van der Waals surface area contributed by atoms with Crippen molar-refractivity contribution in [2.24, 2.45) is 0 Å². The molecule has 0 fully saturated rings. The summed E-state index contributed by atoms with van der Waals surface area (Å²) in [6.45, 7) is 4.43. The van der Waals surface area contributed by atoms with E-state index in [1.54, 1.807) is 0 Å². The average molecular weight is 349 g/mol. The molecule has 0 rings (SSSR count). The van der Waals surface area contributed by atoms with Crippen molar-refractivity contribution in [2.45, 2.75) is 122 Å². The molecule has 0 amide bonds. The Morgan fingerprint density at radius 1 is 0.609 bits per heavy atom. The van der Waals surface area contributed by atoms with Gasteiger partial charge in [0.25, 0.3) is 0 Å². The van der Waals surface area contributed by atoms with Crippen molar-refractivity contribution in [3.63, 3.8) is 0 Å². The highest BCUT2D eigenvalue weighted by Gasteiger charge is 2.27. The van der Waals surface area contributed by atoms with Crippen LogP contribution in [0.25, 0.3) is 0 Å². The SMILES string of the molecule is CCCCCCCCCCC(CCCCCCCC)P(=O)(O)O. The normalized spacial score (nSPS) is 13.4. The maximum atomic E-state index is 11.6. The van der Waals surface area contributed by atoms with Crippen LogP contribution in [-0.4, -0.2) is 15.4 Å². The highest BCUT2D eigenvalue weighted by atomic mass is 31.2. The second-order valence-corrected chi connectivity index (χ2v) is 8.97. The maximum absolute atomic E-state index is 11.6. The first kappa shape index (κ1) is 23.1. The molecule has 1 unspecified atom stereocenters. The topological polar surface area (TPSA) is 57.5 Å². The predicted molar refractivity (Wildman–Crippen MR) is 101 cm³/mol. The van der Waals surface area contributed by atoms with Gasteiger partial charge in [0, 0.05) is 0 Å². The average Bonchev–Trinajstić information content (AvgIpc) is 2.50. The molecular weight excluding hydrogens is 307 g/mol. The summed E-state index contributed by atoms with van der Waals surface area (Å²) in [6, 6.07) is 0. The summed E-state index contributed by atoms with van der Waals surface area (Å²) in [4.78, 5) is 19.1. The summed E-state index contributed by atoms with van der Waals surface area (Å²) < 4.78 is 11.6. The number of hydrogen-bond acceptors (Lipinski definition) is 1. The Kier molecular flexibility index (Phi) is 15.8. The van der Waals surface area contributed by atoms with Gasteiger partial charge in [0.1, 0.15) is 0 Å². The Hall–Kier alpha value is 0.150. The fraction of sp³-hybridized carbons (Fsp3) is 1.00. The first-order valence-corrected chi connectivity index (χ1v) is 11.8. The molecule has 0 saturated carbocycles. The second kappa shape index (κ2) is 15.7. The van der Waals surface area contributed by atoms with Crippen molar-refractivity contribution in [3.05, 3.63) is 0 Å². The zero-order valence-corrected chi connectivity index (χ0v) is 16.5. The fourth-order valence-electron chi connectivity index (χ4n) is 3.15. The molecule has 0 bridgehead atoms. The van der Waals surface area contributed by atoms with E-state index in [0.717, 1.165) is 25.7 Å². The summed E-state index contributed by atoms with van der Waals surface area (Å²) in [5, 5.41) is 0. The van der Waals surface area contributed by atoms with Crippen molar-refractivity contribution < 1.29 is 14.4 Å². The molecule has 0 heterocycles. The maximum Gasteiger partial charge on any atom is 0.328 e. The minimum absolute atomic E-state index is 0.395. The molecule has 23 heavy (non-hydrogen) atoms. The van der Waals surface area contributed by atoms with Crippen molar-refractivity contribution in [3.8, 4) is 0 Å². The standard InChI is InChI=1S/C19H41O3P/c1-3-5-7-9-11-12-14-16-18-19(23(20,21)22)17-15-13-10-8-6-4-2/h19H,3-18H2,1-2H3,(H2,20,21,22). The van der Waals surface area contributed by atoms with E-state index in [1.165, 1.54) is 64.2 Å². The van der Waals surface area contributed by atoms with Crippen LogP contribution in [0, 0.1) is 0 Å². The molecule has 4 heteroatoms. The summed E-state index contributed by atoms with van der Waals surface area (Å²) in [6.07, 6.45) is 18.3. The third-order valence-electron chi connectivity index (χ3n) is 4.76. The van der Waals surface area contributed by atoms with Gasteiger partial charge in [0.05, 0.1) is 5.66 Å². The number of hydrogen-bond donors (Lipinski definition) is 2. The second-order valence-electron chi connectivity index (χ2n) is 7.06. The van der Waals surface area contributed by atoms with Gasteiger partial charge < -0.3 is 9.79 Å². The van der Waals surface area contributed by atoms with Gasteiger partial charge in [-0.05, 0) is 12.8 Å². The Morgan fingerprint density at radius 3 is 1.22 bits per heavy atom. The lowest BCUT2D eigenvalue weighted by molar-refractivity contribution is 0.345. The van der Waals surface area contributed by atoms with Crippen LogP contribution in [0.3, 0.4) is 0 Å². The first-order chi connectivity index (χ1) is 11.0. The minimum Gasteiger partial charge on any atom is -0.324 e. The van der Waals surface area contributed by atoms with E-state index in [9.17, 15) is 14.4 Å². The molecule has 0 aliphatic heterocycles. The first-order valence-electron chi connectivity index (χ1n) is 10.1. The van der Waals surface area contributed by atoms with Crippen LogP contribution in [0.15, 0.2) is 0 Å². The largest absolute Gasteiger partial charge is 0.328 e. The molecule has 0 spiro atoms. The third-order valence-corrected chi connectivity index (χ3v) is 6.23. The quantitative estimate of drug-likeness (QED) is 0.224. The summed E-state index contributed by atoms with van der Waals surface area (Å²) in [5.74, 6) is 0. The molecule has 0 saturated heterocycles. The van der Waals surface area contributed by atoms with Crippen LogP contribution < -0.4 is 0 Å². The van der Waals surface area contributed by atoms with Crippen LogP contribution in [0.2, 0.25) is 0 Å². The molecule has 3 nitrogen and oxygen atoms in total. The van der Waals surface area contributed by atoms with E-state index >= 15 is 0 Å². The summed E-state index contributed by atoms with van der Waals surface area (Å²) >= 11 is 0. The molecular formula is C19H41O3P. The summed E-state index contributed by atoms with van der Waals surface area (Å²) in [5.41, 5.74) is -0.395. The molecule has 0 aromatic rings. The van der Waals surface area contributed by atoms with Gasteiger partial charge in [-0.1, -0.05) is 104 Å². The molecule has 1 atom stereocenters. The van der Waals surface area contributed by atoms with Crippen LogP contribution in [-0.2, 0) is 4.57 Å². The highest BCUT2D eigenvalue weighted by Crippen LogP contribution is 2.46. The Labute approximate surface area is 144 Å². The number of rotatable bonds is 17. The van der Waals surface area contributed by atoms with Crippen LogP contribution >= 0.6 is 7.60 Å². The molecule has 0 aromatic carbocycles. The van der Waals surface area contributed by atoms with Gasteiger partial charge in [-0.15, -0.1) is 0 Å². The zero-order chi connectivity index (χ0) is 17.4. The van der Waals surface area contributed by atoms with E-state index in [2.05, 4.69) is 13.8 Å². The fourth-order valence-corrected chi connectivity index (χ4v) is 4.19. The third kappa shape index (κ3) is 15.4. The zero-order valence-electron chi connectivity index (χ0n) is 15.6. The van der Waals surface area contributed by atoms with Gasteiger partial charge >= 0.3 is 7.60 Å². The van der Waals surface area contributed by atoms with Gasteiger partial charge in [0.2, 0.25) is 0 Å². The molecule has 0 aromatic heterocycles. The van der Waals surface area contributed by atoms with E-state index in [-0.39, 0.29) is 0 Å².